The quantitative estimate of drug-likeness (QED) is 0.0282. The van der Waals surface area contributed by atoms with Gasteiger partial charge in [-0.3, -0.25) is 24.0 Å². The number of ether oxygens (including phenoxy) is 7. The predicted molar refractivity (Wildman–Crippen MR) is 349 cm³/mol. The molecule has 5 aromatic carbocycles. The van der Waals surface area contributed by atoms with Crippen LogP contribution in [0.4, 0.5) is 8.78 Å². The summed E-state index contributed by atoms with van der Waals surface area (Å²) in [5, 5.41) is 4.81. The summed E-state index contributed by atoms with van der Waals surface area (Å²) in [5.74, 6) is -1.81. The fraction of sp³-hybridized carbons (Fsp3) is 0.507. The second-order valence-corrected chi connectivity index (χ2v) is 30.7. The highest BCUT2D eigenvalue weighted by molar-refractivity contribution is 7.97. The number of hydrogen-bond donors (Lipinski definition) is 1. The first-order chi connectivity index (χ1) is 43.8. The Bertz CT molecular complexity index is 3420. The zero-order valence-electron chi connectivity index (χ0n) is 56.5. The fourth-order valence-electron chi connectivity index (χ4n) is 10.1. The van der Waals surface area contributed by atoms with Crippen LogP contribution in [-0.4, -0.2) is 101 Å². The van der Waals surface area contributed by atoms with E-state index in [2.05, 4.69) is 120 Å². The number of rotatable bonds is 18. The smallest absolute Gasteiger partial charge is 0.369 e. The number of aromatic hydroxyl groups is 1. The van der Waals surface area contributed by atoms with Gasteiger partial charge < -0.3 is 42.8 Å². The van der Waals surface area contributed by atoms with Crippen molar-refractivity contribution in [2.75, 3.05) is 0 Å². The van der Waals surface area contributed by atoms with Gasteiger partial charge in [-0.2, -0.15) is 8.78 Å². The van der Waals surface area contributed by atoms with E-state index in [1.807, 2.05) is 62.3 Å². The van der Waals surface area contributed by atoms with E-state index in [9.17, 15) is 55.6 Å². The molecule has 0 spiro atoms. The van der Waals surface area contributed by atoms with Crippen molar-refractivity contribution < 1.29 is 88.8 Å². The number of phenols is 1. The maximum Gasteiger partial charge on any atom is 0.369 e. The predicted octanol–water partition coefficient (Wildman–Crippen LogP) is 13.7. The van der Waals surface area contributed by atoms with Crippen molar-refractivity contribution in [1.29, 1.82) is 0 Å². The number of carbonyl (C=O) groups excluding carboxylic acids is 6. The summed E-state index contributed by atoms with van der Waals surface area (Å²) in [6.07, 6.45) is 0.829. The minimum atomic E-state index is -5.86. The highest BCUT2D eigenvalue weighted by Crippen LogP contribution is 2.48. The lowest BCUT2D eigenvalue weighted by Crippen LogP contribution is -2.44. The summed E-state index contributed by atoms with van der Waals surface area (Å²) >= 11 is 0. The van der Waals surface area contributed by atoms with E-state index in [0.29, 0.717) is 49.8 Å². The molecule has 1 aliphatic carbocycles. The number of carbonyl (C=O) groups is 6. The van der Waals surface area contributed by atoms with Crippen LogP contribution in [0.3, 0.4) is 0 Å². The minimum absolute atomic E-state index is 0.0146. The summed E-state index contributed by atoms with van der Waals surface area (Å²) < 4.78 is 93.9. The number of benzene rings is 5. The molecule has 3 saturated heterocycles. The second kappa shape index (κ2) is 31.1. The molecule has 0 saturated carbocycles. The molecule has 7 atom stereocenters. The number of halogens is 2. The number of phenolic OH excluding ortho intramolecular Hbond substituents is 1. The van der Waals surface area contributed by atoms with Gasteiger partial charge in [0, 0.05) is 17.9 Å². The van der Waals surface area contributed by atoms with E-state index in [1.54, 1.807) is 20.8 Å². The molecule has 7 unspecified atom stereocenters. The van der Waals surface area contributed by atoms with Crippen LogP contribution >= 0.6 is 0 Å². The normalized spacial score (nSPS) is 20.1. The molecule has 3 fully saturated rings. The van der Waals surface area contributed by atoms with Crippen molar-refractivity contribution in [2.24, 2.45) is 33.5 Å². The van der Waals surface area contributed by atoms with Crippen LogP contribution in [0, 0.1) is 33.5 Å². The van der Waals surface area contributed by atoms with Crippen LogP contribution in [0.5, 0.6) is 11.5 Å². The third kappa shape index (κ3) is 18.6. The molecule has 10 rings (SSSR count). The maximum atomic E-state index is 13.0. The second-order valence-electron chi connectivity index (χ2n) is 27.2. The lowest BCUT2D eigenvalue weighted by atomic mass is 9.86. The van der Waals surface area contributed by atoms with Gasteiger partial charge in [-0.05, 0) is 187 Å². The van der Waals surface area contributed by atoms with E-state index >= 15 is 0 Å². The lowest BCUT2D eigenvalue weighted by molar-refractivity contribution is -0.172. The average Bonchev–Trinajstić information content (AvgIpc) is 1.61. The summed E-state index contributed by atoms with van der Waals surface area (Å²) in [6.45, 7) is 26.3. The molecule has 17 nitrogen and oxygen atoms in total. The van der Waals surface area contributed by atoms with Crippen LogP contribution < -0.4 is 4.74 Å². The third-order valence-electron chi connectivity index (χ3n) is 18.4. The first-order valence-corrected chi connectivity index (χ1v) is 34.5. The van der Waals surface area contributed by atoms with Crippen molar-refractivity contribution in [3.05, 3.63) is 150 Å². The SMILES string of the molecule is CCC(C)(C)C(=O)OC(C)(C)C1Cc2ccccc2C1.CCC(C)(C)C(=O)OC(C)C(F)(F)S(=O)(=O)[O-].CCC(C)(C)C(=O)OC1C2CC3C(=O)OC1C3O2.CCC(C)(C)C(=O)OC1Cc2cc(O)ccc2OC1=O.c1ccc([S+](c2ccccc2)c2ccccc2)cc1. The average molecular weight is 1340 g/mol. The molecule has 0 aromatic heterocycles. The van der Waals surface area contributed by atoms with Gasteiger partial charge in [0.2, 0.25) is 6.10 Å². The van der Waals surface area contributed by atoms with Gasteiger partial charge >= 0.3 is 41.1 Å². The molecule has 1 N–H and O–H groups in total. The minimum Gasteiger partial charge on any atom is -0.743 e. The zero-order valence-corrected chi connectivity index (χ0v) is 58.2. The fourth-order valence-corrected chi connectivity index (χ4v) is 12.6. The number of alkyl halides is 2. The van der Waals surface area contributed by atoms with Crippen LogP contribution in [0.1, 0.15) is 153 Å². The van der Waals surface area contributed by atoms with Gasteiger partial charge in [0.15, 0.2) is 43.1 Å². The Morgan fingerprint density at radius 2 is 1.03 bits per heavy atom. The van der Waals surface area contributed by atoms with Crippen LogP contribution in [0.25, 0.3) is 0 Å². The van der Waals surface area contributed by atoms with Crippen molar-refractivity contribution in [3.8, 4) is 11.5 Å². The topological polar surface area (TPSA) is 244 Å². The Morgan fingerprint density at radius 3 is 1.49 bits per heavy atom. The van der Waals surface area contributed by atoms with Crippen LogP contribution in [-0.2, 0) is 97.5 Å². The first kappa shape index (κ1) is 75.8. The summed E-state index contributed by atoms with van der Waals surface area (Å²) in [7, 11) is -5.87. The Kier molecular flexibility index (Phi) is 25.1. The molecular weight excluding hydrogens is 1250 g/mol. The van der Waals surface area contributed by atoms with Crippen molar-refractivity contribution in [2.45, 2.75) is 217 Å². The van der Waals surface area contributed by atoms with Crippen molar-refractivity contribution in [1.82, 2.24) is 0 Å². The van der Waals surface area contributed by atoms with Crippen LogP contribution in [0.15, 0.2) is 148 Å². The zero-order chi connectivity index (χ0) is 69.9. The summed E-state index contributed by atoms with van der Waals surface area (Å²) in [4.78, 5) is 75.3. The van der Waals surface area contributed by atoms with Gasteiger partial charge in [0.1, 0.15) is 23.2 Å². The molecule has 21 heteroatoms. The molecule has 4 heterocycles. The Labute approximate surface area is 555 Å². The molecule has 94 heavy (non-hydrogen) atoms. The highest BCUT2D eigenvalue weighted by atomic mass is 32.2. The van der Waals surface area contributed by atoms with Crippen molar-refractivity contribution in [3.63, 3.8) is 0 Å². The van der Waals surface area contributed by atoms with Gasteiger partial charge in [-0.1, -0.05) is 107 Å². The standard InChI is InChI=1S/C18H26O2.C18H15S.C15H18O5.C13H18O5.C9H16F2O5S/c1-6-17(2,3)16(19)20-18(4,5)15-11-13-9-7-8-10-14(13)12-15;1-4-10-16(11-5-1)19(17-12-6-2-7-13-17)18-14-8-3-9-15-18;1-4-15(2,3)14(18)20-12-8-9-7-10(16)5-6-11(9)19-13(12)17;1-4-13(2,3)12(15)18-9-7-5-6-8(16-7)10(9)17-11(6)14;1-5-8(3,4)7(12)16-6(2)9(10,11)17(13,14)15/h7-10,15H,6,11-12H2,1-5H3;1-15H;5-7,12,16H,4,8H2,1-3H3;6-10H,4-5H2,1-3H3;6H,5H2,1-4H3,(H,13,14,15)/q;+1;;;/p-1. The molecule has 4 aliphatic heterocycles. The molecular formula is C73H92F2O17S2. The van der Waals surface area contributed by atoms with Gasteiger partial charge in [-0.15, -0.1) is 0 Å². The summed E-state index contributed by atoms with van der Waals surface area (Å²) in [6, 6.07) is 45.2. The first-order valence-electron chi connectivity index (χ1n) is 31.9. The largest absolute Gasteiger partial charge is 0.743 e. The van der Waals surface area contributed by atoms with E-state index < -0.39 is 85.0 Å². The van der Waals surface area contributed by atoms with E-state index in [-0.39, 0.29) is 59.1 Å². The molecule has 0 radical (unpaired) electrons. The highest BCUT2D eigenvalue weighted by Gasteiger charge is 2.65. The molecule has 5 aromatic rings. The van der Waals surface area contributed by atoms with E-state index in [0.717, 1.165) is 19.3 Å². The molecule has 512 valence electrons. The lowest BCUT2D eigenvalue weighted by Gasteiger charge is -2.34. The Morgan fingerprint density at radius 1 is 0.596 bits per heavy atom. The Hall–Kier alpha value is -7.20. The van der Waals surface area contributed by atoms with Gasteiger partial charge in [-0.25, -0.2) is 13.2 Å². The number of hydrogen-bond acceptors (Lipinski definition) is 17. The number of fused-ring (bicyclic) bond motifs is 3. The summed E-state index contributed by atoms with van der Waals surface area (Å²) in [5.41, 5.74) is 0.468. The van der Waals surface area contributed by atoms with E-state index in [1.165, 1.54) is 57.9 Å². The van der Waals surface area contributed by atoms with Gasteiger partial charge in [0.25, 0.3) is 0 Å². The number of esters is 6. The van der Waals surface area contributed by atoms with Gasteiger partial charge in [0.05, 0.1) is 44.6 Å². The molecule has 0 amide bonds. The maximum absolute atomic E-state index is 13.0. The van der Waals surface area contributed by atoms with Crippen LogP contribution in [0.2, 0.25) is 0 Å². The molecule has 5 aliphatic rings. The van der Waals surface area contributed by atoms with Crippen molar-refractivity contribution >= 4 is 56.8 Å². The Balaban J connectivity index is 0.000000186. The van der Waals surface area contributed by atoms with E-state index in [4.69, 9.17) is 28.4 Å². The third-order valence-corrected chi connectivity index (χ3v) is 21.6. The molecule has 2 bridgehead atoms. The monoisotopic (exact) mass is 1340 g/mol.